The smallest absolute Gasteiger partial charge is 0.214 e. The first-order valence-electron chi connectivity index (χ1n) is 7.10. The van der Waals surface area contributed by atoms with Crippen molar-refractivity contribution in [3.8, 4) is 5.88 Å². The van der Waals surface area contributed by atoms with Gasteiger partial charge in [0.25, 0.3) is 0 Å². The fourth-order valence-corrected chi connectivity index (χ4v) is 2.91. The van der Waals surface area contributed by atoms with Crippen molar-refractivity contribution in [3.05, 3.63) is 18.3 Å². The molecular formula is C15H24N2O. The van der Waals surface area contributed by atoms with E-state index in [1.165, 1.54) is 38.5 Å². The molecule has 3 heteroatoms. The molecule has 1 N–H and O–H groups in total. The standard InChI is InChI=1S/C15H24N2O/c1-3-14(12-7-5-4-6-8-12)17-13-9-10-16-15(11-13)18-2/h9-12,14H,3-8H2,1-2H3,(H,16,17). The third-order valence-corrected chi connectivity index (χ3v) is 3.95. The van der Waals surface area contributed by atoms with Gasteiger partial charge in [-0.2, -0.15) is 0 Å². The maximum atomic E-state index is 5.16. The van der Waals surface area contributed by atoms with E-state index in [4.69, 9.17) is 4.74 Å². The highest BCUT2D eigenvalue weighted by molar-refractivity contribution is 5.46. The minimum absolute atomic E-state index is 0.581. The molecule has 0 radical (unpaired) electrons. The van der Waals surface area contributed by atoms with Crippen LogP contribution in [0.5, 0.6) is 5.88 Å². The number of nitrogens with zero attached hydrogens (tertiary/aromatic N) is 1. The molecule has 0 bridgehead atoms. The number of rotatable bonds is 5. The molecule has 1 unspecified atom stereocenters. The first-order valence-corrected chi connectivity index (χ1v) is 7.10. The van der Waals surface area contributed by atoms with Gasteiger partial charge in [-0.3, -0.25) is 0 Å². The fourth-order valence-electron chi connectivity index (χ4n) is 2.91. The van der Waals surface area contributed by atoms with Crippen LogP contribution in [0.2, 0.25) is 0 Å². The molecule has 0 aromatic carbocycles. The topological polar surface area (TPSA) is 34.2 Å². The van der Waals surface area contributed by atoms with Gasteiger partial charge in [-0.05, 0) is 31.2 Å². The number of anilines is 1. The molecule has 1 saturated carbocycles. The molecule has 1 aromatic heterocycles. The Hall–Kier alpha value is -1.25. The quantitative estimate of drug-likeness (QED) is 0.859. The second-order valence-electron chi connectivity index (χ2n) is 5.14. The summed E-state index contributed by atoms with van der Waals surface area (Å²) in [6, 6.07) is 4.58. The fraction of sp³-hybridized carbons (Fsp3) is 0.667. The Kier molecular flexibility index (Phi) is 4.85. The van der Waals surface area contributed by atoms with Crippen molar-refractivity contribution in [1.29, 1.82) is 0 Å². The summed E-state index contributed by atoms with van der Waals surface area (Å²) in [4.78, 5) is 4.14. The lowest BCUT2D eigenvalue weighted by molar-refractivity contribution is 0.313. The van der Waals surface area contributed by atoms with Crippen LogP contribution in [0.1, 0.15) is 45.4 Å². The summed E-state index contributed by atoms with van der Waals surface area (Å²) in [5.74, 6) is 1.50. The van der Waals surface area contributed by atoms with E-state index >= 15 is 0 Å². The third kappa shape index (κ3) is 3.37. The highest BCUT2D eigenvalue weighted by atomic mass is 16.5. The molecule has 0 saturated heterocycles. The summed E-state index contributed by atoms with van der Waals surface area (Å²) in [6.45, 7) is 2.27. The number of hydrogen-bond donors (Lipinski definition) is 1. The molecule has 1 fully saturated rings. The summed E-state index contributed by atoms with van der Waals surface area (Å²) in [5, 5.41) is 3.65. The Morgan fingerprint density at radius 2 is 2.17 bits per heavy atom. The molecule has 1 aromatic rings. The van der Waals surface area contributed by atoms with E-state index in [0.717, 1.165) is 11.6 Å². The molecule has 0 aliphatic heterocycles. The van der Waals surface area contributed by atoms with Crippen LogP contribution in [0.25, 0.3) is 0 Å². The van der Waals surface area contributed by atoms with Crippen LogP contribution in [0.3, 0.4) is 0 Å². The van der Waals surface area contributed by atoms with Gasteiger partial charge < -0.3 is 10.1 Å². The summed E-state index contributed by atoms with van der Waals surface area (Å²) in [5.41, 5.74) is 1.12. The van der Waals surface area contributed by atoms with Crippen molar-refractivity contribution < 1.29 is 4.74 Å². The summed E-state index contributed by atoms with van der Waals surface area (Å²) in [7, 11) is 1.66. The van der Waals surface area contributed by atoms with Crippen molar-refractivity contribution in [3.63, 3.8) is 0 Å². The lowest BCUT2D eigenvalue weighted by atomic mass is 9.83. The molecule has 0 amide bonds. The summed E-state index contributed by atoms with van der Waals surface area (Å²) >= 11 is 0. The number of nitrogens with one attached hydrogen (secondary N) is 1. The predicted molar refractivity (Wildman–Crippen MR) is 75.1 cm³/mol. The first-order chi connectivity index (χ1) is 8.83. The lowest BCUT2D eigenvalue weighted by Crippen LogP contribution is -2.30. The van der Waals surface area contributed by atoms with Gasteiger partial charge in [0, 0.05) is 24.0 Å². The zero-order valence-electron chi connectivity index (χ0n) is 11.5. The molecule has 100 valence electrons. The Morgan fingerprint density at radius 3 is 2.83 bits per heavy atom. The highest BCUT2D eigenvalue weighted by Gasteiger charge is 2.22. The van der Waals surface area contributed by atoms with Gasteiger partial charge >= 0.3 is 0 Å². The maximum Gasteiger partial charge on any atom is 0.214 e. The number of hydrogen-bond acceptors (Lipinski definition) is 3. The van der Waals surface area contributed by atoms with Gasteiger partial charge in [-0.25, -0.2) is 4.98 Å². The molecular weight excluding hydrogens is 224 g/mol. The third-order valence-electron chi connectivity index (χ3n) is 3.95. The highest BCUT2D eigenvalue weighted by Crippen LogP contribution is 2.29. The summed E-state index contributed by atoms with van der Waals surface area (Å²) < 4.78 is 5.16. The molecule has 1 heterocycles. The largest absolute Gasteiger partial charge is 0.481 e. The normalized spacial score (nSPS) is 18.3. The molecule has 18 heavy (non-hydrogen) atoms. The average Bonchev–Trinajstić information content (AvgIpc) is 2.46. The Balaban J connectivity index is 1.99. The van der Waals surface area contributed by atoms with E-state index < -0.39 is 0 Å². The second-order valence-corrected chi connectivity index (χ2v) is 5.14. The number of aromatic nitrogens is 1. The van der Waals surface area contributed by atoms with E-state index in [0.29, 0.717) is 11.9 Å². The number of ether oxygens (including phenoxy) is 1. The van der Waals surface area contributed by atoms with Gasteiger partial charge in [0.2, 0.25) is 5.88 Å². The minimum Gasteiger partial charge on any atom is -0.481 e. The van der Waals surface area contributed by atoms with E-state index in [2.05, 4.69) is 17.2 Å². The molecule has 0 spiro atoms. The number of methoxy groups -OCH3 is 1. The van der Waals surface area contributed by atoms with Crippen LogP contribution in [-0.4, -0.2) is 18.1 Å². The molecule has 1 atom stereocenters. The van der Waals surface area contributed by atoms with Crippen molar-refractivity contribution in [2.75, 3.05) is 12.4 Å². The van der Waals surface area contributed by atoms with Gasteiger partial charge in [-0.1, -0.05) is 26.2 Å². The van der Waals surface area contributed by atoms with E-state index in [1.807, 2.05) is 12.1 Å². The van der Waals surface area contributed by atoms with Crippen molar-refractivity contribution in [2.45, 2.75) is 51.5 Å². The van der Waals surface area contributed by atoms with Crippen LogP contribution < -0.4 is 10.1 Å². The molecule has 1 aliphatic carbocycles. The maximum absolute atomic E-state index is 5.16. The van der Waals surface area contributed by atoms with Crippen LogP contribution in [0.4, 0.5) is 5.69 Å². The van der Waals surface area contributed by atoms with Crippen molar-refractivity contribution >= 4 is 5.69 Å². The van der Waals surface area contributed by atoms with Crippen molar-refractivity contribution in [2.24, 2.45) is 5.92 Å². The van der Waals surface area contributed by atoms with Crippen LogP contribution in [-0.2, 0) is 0 Å². The van der Waals surface area contributed by atoms with Gasteiger partial charge in [-0.15, -0.1) is 0 Å². The van der Waals surface area contributed by atoms with Crippen LogP contribution in [0.15, 0.2) is 18.3 Å². The Bertz CT molecular complexity index is 361. The second kappa shape index (κ2) is 6.62. The zero-order chi connectivity index (χ0) is 12.8. The van der Waals surface area contributed by atoms with Gasteiger partial charge in [0.05, 0.1) is 7.11 Å². The Labute approximate surface area is 110 Å². The lowest BCUT2D eigenvalue weighted by Gasteiger charge is -2.31. The number of pyridine rings is 1. The molecule has 3 nitrogen and oxygen atoms in total. The van der Waals surface area contributed by atoms with E-state index in [-0.39, 0.29) is 0 Å². The SMILES string of the molecule is CCC(Nc1ccnc(OC)c1)C1CCCCC1. The van der Waals surface area contributed by atoms with Gasteiger partial charge in [0.1, 0.15) is 0 Å². The first kappa shape index (κ1) is 13.2. The van der Waals surface area contributed by atoms with E-state index in [1.54, 1.807) is 13.3 Å². The Morgan fingerprint density at radius 1 is 1.39 bits per heavy atom. The van der Waals surface area contributed by atoms with Crippen LogP contribution >= 0.6 is 0 Å². The minimum atomic E-state index is 0.581. The van der Waals surface area contributed by atoms with E-state index in [9.17, 15) is 0 Å². The van der Waals surface area contributed by atoms with Gasteiger partial charge in [0.15, 0.2) is 0 Å². The molecule has 1 aliphatic rings. The molecule has 2 rings (SSSR count). The van der Waals surface area contributed by atoms with Crippen LogP contribution in [0, 0.1) is 5.92 Å². The summed E-state index contributed by atoms with van der Waals surface area (Å²) in [6.07, 6.45) is 9.91. The average molecular weight is 248 g/mol. The zero-order valence-corrected chi connectivity index (χ0v) is 11.5. The predicted octanol–water partition coefficient (Wildman–Crippen LogP) is 3.86. The van der Waals surface area contributed by atoms with Crippen molar-refractivity contribution in [1.82, 2.24) is 4.98 Å². The monoisotopic (exact) mass is 248 g/mol.